The Balaban J connectivity index is 2.58. The van der Waals surface area contributed by atoms with Crippen molar-refractivity contribution in [2.45, 2.75) is 19.1 Å². The second-order valence-electron chi connectivity index (χ2n) is 4.66. The minimum atomic E-state index is -4.95. The summed E-state index contributed by atoms with van der Waals surface area (Å²) in [6, 6.07) is 7.83. The van der Waals surface area contributed by atoms with Gasteiger partial charge in [0.2, 0.25) is 0 Å². The number of nitrogens with two attached hydrogens (primary N) is 1. The summed E-state index contributed by atoms with van der Waals surface area (Å²) in [5.74, 6) is -0.618. The summed E-state index contributed by atoms with van der Waals surface area (Å²) in [7, 11) is 0. The maximum atomic E-state index is 13.1. The maximum Gasteiger partial charge on any atom is 0.573 e. The van der Waals surface area contributed by atoms with Gasteiger partial charge in [-0.3, -0.25) is 0 Å². The highest BCUT2D eigenvalue weighted by Gasteiger charge is 2.34. The van der Waals surface area contributed by atoms with Crippen molar-refractivity contribution in [3.05, 3.63) is 53.6 Å². The molecule has 0 saturated carbocycles. The van der Waals surface area contributed by atoms with Crippen LogP contribution in [0.4, 0.5) is 26.3 Å². The lowest BCUT2D eigenvalue weighted by atomic mass is 9.97. The van der Waals surface area contributed by atoms with Crippen LogP contribution in [0.5, 0.6) is 5.75 Å². The minimum Gasteiger partial charge on any atom is -0.406 e. The fraction of sp³-hybridized carbons (Fsp3) is 0.200. The molecule has 2 aromatic rings. The standard InChI is InChI=1S/C15H11F6NO/c16-14(17,18)13-4-2-1-3-12(13)10-5-9(8-22)6-11(7-10)23-15(19,20)21/h1-7H,8,22H2. The zero-order valence-corrected chi connectivity index (χ0v) is 11.5. The lowest BCUT2D eigenvalue weighted by molar-refractivity contribution is -0.274. The Bertz CT molecular complexity index is 693. The van der Waals surface area contributed by atoms with Gasteiger partial charge >= 0.3 is 12.5 Å². The molecule has 0 amide bonds. The first-order valence-corrected chi connectivity index (χ1v) is 6.36. The summed E-state index contributed by atoms with van der Waals surface area (Å²) in [6.07, 6.45) is -9.59. The van der Waals surface area contributed by atoms with E-state index < -0.39 is 23.9 Å². The molecule has 0 atom stereocenters. The molecule has 0 fully saturated rings. The molecule has 0 heterocycles. The van der Waals surface area contributed by atoms with Crippen molar-refractivity contribution >= 4 is 0 Å². The van der Waals surface area contributed by atoms with Gasteiger partial charge in [-0.1, -0.05) is 18.2 Å². The first-order valence-electron chi connectivity index (χ1n) is 6.36. The Morgan fingerprint density at radius 3 is 2.13 bits per heavy atom. The lowest BCUT2D eigenvalue weighted by Crippen LogP contribution is -2.17. The summed E-state index contributed by atoms with van der Waals surface area (Å²) in [5.41, 5.74) is 4.36. The van der Waals surface area contributed by atoms with Gasteiger partial charge in [0.05, 0.1) is 5.56 Å². The minimum absolute atomic E-state index is 0.0554. The Morgan fingerprint density at radius 2 is 1.57 bits per heavy atom. The van der Waals surface area contributed by atoms with E-state index in [1.54, 1.807) is 0 Å². The third kappa shape index (κ3) is 4.38. The fourth-order valence-corrected chi connectivity index (χ4v) is 2.11. The summed E-state index contributed by atoms with van der Waals surface area (Å²) in [4.78, 5) is 0. The Morgan fingerprint density at radius 1 is 0.913 bits per heavy atom. The molecule has 0 radical (unpaired) electrons. The van der Waals surface area contributed by atoms with Crippen LogP contribution in [0.25, 0.3) is 11.1 Å². The van der Waals surface area contributed by atoms with E-state index in [9.17, 15) is 26.3 Å². The number of halogens is 6. The van der Waals surface area contributed by atoms with Crippen LogP contribution in [0.2, 0.25) is 0 Å². The molecule has 0 aliphatic rings. The van der Waals surface area contributed by atoms with Crippen LogP contribution in [0, 0.1) is 0 Å². The van der Waals surface area contributed by atoms with Crippen LogP contribution in [0.1, 0.15) is 11.1 Å². The Labute approximate surface area is 127 Å². The summed E-state index contributed by atoms with van der Waals surface area (Å²) < 4.78 is 80.0. The van der Waals surface area contributed by atoms with Gasteiger partial charge in [-0.2, -0.15) is 13.2 Å². The van der Waals surface area contributed by atoms with E-state index in [0.29, 0.717) is 0 Å². The smallest absolute Gasteiger partial charge is 0.406 e. The van der Waals surface area contributed by atoms with Crippen LogP contribution in [0.3, 0.4) is 0 Å². The van der Waals surface area contributed by atoms with Crippen molar-refractivity contribution < 1.29 is 31.1 Å². The van der Waals surface area contributed by atoms with Gasteiger partial charge in [0.1, 0.15) is 5.75 Å². The van der Waals surface area contributed by atoms with Crippen molar-refractivity contribution in [3.63, 3.8) is 0 Å². The van der Waals surface area contributed by atoms with Crippen molar-refractivity contribution in [3.8, 4) is 16.9 Å². The molecule has 0 saturated heterocycles. The van der Waals surface area contributed by atoms with Crippen molar-refractivity contribution in [1.29, 1.82) is 0 Å². The van der Waals surface area contributed by atoms with E-state index in [2.05, 4.69) is 4.74 Å². The molecule has 2 nitrogen and oxygen atoms in total. The van der Waals surface area contributed by atoms with Gasteiger partial charge in [-0.15, -0.1) is 13.2 Å². The van der Waals surface area contributed by atoms with Gasteiger partial charge in [0, 0.05) is 6.54 Å². The highest BCUT2D eigenvalue weighted by atomic mass is 19.4. The van der Waals surface area contributed by atoms with Crippen LogP contribution >= 0.6 is 0 Å². The van der Waals surface area contributed by atoms with Crippen molar-refractivity contribution in [2.24, 2.45) is 5.73 Å². The quantitative estimate of drug-likeness (QED) is 0.823. The molecular weight excluding hydrogens is 324 g/mol. The summed E-state index contributed by atoms with van der Waals surface area (Å²) >= 11 is 0. The number of hydrogen-bond acceptors (Lipinski definition) is 2. The van der Waals surface area contributed by atoms with Gasteiger partial charge in [-0.05, 0) is 41.0 Å². The van der Waals surface area contributed by atoms with Crippen LogP contribution in [-0.4, -0.2) is 6.36 Å². The Kier molecular flexibility index (Phi) is 4.56. The molecule has 8 heteroatoms. The number of alkyl halides is 6. The van der Waals surface area contributed by atoms with Crippen LogP contribution in [0.15, 0.2) is 42.5 Å². The zero-order valence-electron chi connectivity index (χ0n) is 11.5. The molecule has 0 spiro atoms. The predicted molar refractivity (Wildman–Crippen MR) is 71.5 cm³/mol. The van der Waals surface area contributed by atoms with E-state index >= 15 is 0 Å². The predicted octanol–water partition coefficient (Wildman–Crippen LogP) is 4.73. The molecule has 0 aliphatic carbocycles. The second-order valence-corrected chi connectivity index (χ2v) is 4.66. The molecular formula is C15H11F6NO. The number of rotatable bonds is 3. The van der Waals surface area contributed by atoms with Gasteiger partial charge in [0.25, 0.3) is 0 Å². The van der Waals surface area contributed by atoms with E-state index in [0.717, 1.165) is 18.2 Å². The average Bonchev–Trinajstić information content (AvgIpc) is 2.44. The maximum absolute atomic E-state index is 13.1. The normalized spacial score (nSPS) is 12.3. The zero-order chi connectivity index (χ0) is 17.3. The molecule has 2 N–H and O–H groups in total. The largest absolute Gasteiger partial charge is 0.573 e. The Hall–Kier alpha value is -2.22. The molecule has 124 valence electrons. The molecule has 2 rings (SSSR count). The van der Waals surface area contributed by atoms with Gasteiger partial charge in [0.15, 0.2) is 0 Å². The first-order chi connectivity index (χ1) is 10.6. The van der Waals surface area contributed by atoms with Crippen LogP contribution < -0.4 is 10.5 Å². The van der Waals surface area contributed by atoms with Crippen LogP contribution in [-0.2, 0) is 12.7 Å². The number of ether oxygens (including phenoxy) is 1. The average molecular weight is 335 g/mol. The van der Waals surface area contributed by atoms with Gasteiger partial charge < -0.3 is 10.5 Å². The third-order valence-corrected chi connectivity index (χ3v) is 2.98. The second kappa shape index (κ2) is 6.11. The molecule has 2 aromatic carbocycles. The molecule has 0 aliphatic heterocycles. The molecule has 23 heavy (non-hydrogen) atoms. The topological polar surface area (TPSA) is 35.2 Å². The SMILES string of the molecule is NCc1cc(OC(F)(F)F)cc(-c2ccccc2C(F)(F)F)c1. The van der Waals surface area contributed by atoms with Crippen molar-refractivity contribution in [2.75, 3.05) is 0 Å². The summed E-state index contributed by atoms with van der Waals surface area (Å²) in [6.45, 7) is -0.143. The third-order valence-electron chi connectivity index (χ3n) is 2.98. The van der Waals surface area contributed by atoms with Gasteiger partial charge in [-0.25, -0.2) is 0 Å². The van der Waals surface area contributed by atoms with E-state index in [1.165, 1.54) is 24.3 Å². The van der Waals surface area contributed by atoms with E-state index in [4.69, 9.17) is 5.73 Å². The highest BCUT2D eigenvalue weighted by Crippen LogP contribution is 2.38. The fourth-order valence-electron chi connectivity index (χ4n) is 2.11. The number of hydrogen-bond donors (Lipinski definition) is 1. The number of benzene rings is 2. The van der Waals surface area contributed by atoms with Crippen molar-refractivity contribution in [1.82, 2.24) is 0 Å². The van der Waals surface area contributed by atoms with E-state index in [-0.39, 0.29) is 23.2 Å². The molecule has 0 bridgehead atoms. The molecule has 0 unspecified atom stereocenters. The van der Waals surface area contributed by atoms with E-state index in [1.807, 2.05) is 0 Å². The lowest BCUT2D eigenvalue weighted by Gasteiger charge is -2.16. The monoisotopic (exact) mass is 335 g/mol. The highest BCUT2D eigenvalue weighted by molar-refractivity contribution is 5.70. The first kappa shape index (κ1) is 17.1. The molecule has 0 aromatic heterocycles. The summed E-state index contributed by atoms with van der Waals surface area (Å²) in [5, 5.41) is 0.